The number of sulfonamides is 1. The van der Waals surface area contributed by atoms with Gasteiger partial charge in [0.05, 0.1) is 28.4 Å². The zero-order valence-corrected chi connectivity index (χ0v) is 13.2. The van der Waals surface area contributed by atoms with Crippen molar-refractivity contribution in [3.05, 3.63) is 40.3 Å². The van der Waals surface area contributed by atoms with E-state index in [1.165, 1.54) is 29.7 Å². The molecule has 6 nitrogen and oxygen atoms in total. The Kier molecular flexibility index (Phi) is 4.92. The monoisotopic (exact) mass is 325 g/mol. The fourth-order valence-corrected chi connectivity index (χ4v) is 2.89. The number of ether oxygens (including phenoxy) is 1. The van der Waals surface area contributed by atoms with Crippen LogP contribution in [0.3, 0.4) is 0 Å². The van der Waals surface area contributed by atoms with Crippen molar-refractivity contribution in [2.45, 2.75) is 18.7 Å². The van der Waals surface area contributed by atoms with Gasteiger partial charge >= 0.3 is 0 Å². The molecule has 21 heavy (non-hydrogen) atoms. The minimum absolute atomic E-state index is 0.123. The minimum Gasteiger partial charge on any atom is -0.494 e. The molecule has 0 aliphatic heterocycles. The van der Waals surface area contributed by atoms with Crippen LogP contribution in [-0.2, 0) is 10.0 Å². The van der Waals surface area contributed by atoms with Crippen LogP contribution in [0.2, 0.25) is 0 Å². The minimum atomic E-state index is -3.68. The van der Waals surface area contributed by atoms with E-state index >= 15 is 0 Å². The molecule has 0 saturated heterocycles. The topological polar surface area (TPSA) is 80.7 Å². The van der Waals surface area contributed by atoms with E-state index < -0.39 is 10.0 Å². The molecule has 112 valence electrons. The number of rotatable bonds is 6. The van der Waals surface area contributed by atoms with Gasteiger partial charge in [-0.05, 0) is 38.1 Å². The van der Waals surface area contributed by atoms with Crippen LogP contribution in [0.1, 0.15) is 17.6 Å². The Hall–Kier alpha value is -1.93. The van der Waals surface area contributed by atoms with Gasteiger partial charge in [0.25, 0.3) is 10.0 Å². The summed E-state index contributed by atoms with van der Waals surface area (Å²) in [6, 6.07) is 6.14. The molecule has 0 unspecified atom stereocenters. The third kappa shape index (κ3) is 4.27. The van der Waals surface area contributed by atoms with E-state index in [0.717, 1.165) is 5.01 Å². The van der Waals surface area contributed by atoms with Crippen molar-refractivity contribution in [3.8, 4) is 5.75 Å². The number of hydrazone groups is 1. The van der Waals surface area contributed by atoms with Crippen molar-refractivity contribution in [1.29, 1.82) is 0 Å². The highest BCUT2D eigenvalue weighted by Gasteiger charge is 2.12. The normalized spacial score (nSPS) is 11.7. The summed E-state index contributed by atoms with van der Waals surface area (Å²) in [6.07, 6.45) is 1.37. The van der Waals surface area contributed by atoms with Crippen LogP contribution < -0.4 is 9.57 Å². The first-order chi connectivity index (χ1) is 10.0. The highest BCUT2D eigenvalue weighted by atomic mass is 32.2. The van der Waals surface area contributed by atoms with Crippen LogP contribution in [0.15, 0.2) is 39.6 Å². The third-order valence-corrected chi connectivity index (χ3v) is 4.48. The first kappa shape index (κ1) is 15.5. The Morgan fingerprint density at radius 2 is 2.10 bits per heavy atom. The highest BCUT2D eigenvalue weighted by Crippen LogP contribution is 2.15. The predicted octanol–water partition coefficient (Wildman–Crippen LogP) is 2.16. The van der Waals surface area contributed by atoms with E-state index in [2.05, 4.69) is 14.9 Å². The molecule has 0 spiro atoms. The van der Waals surface area contributed by atoms with Gasteiger partial charge in [0.15, 0.2) is 0 Å². The molecule has 0 amide bonds. The summed E-state index contributed by atoms with van der Waals surface area (Å²) >= 11 is 1.47. The van der Waals surface area contributed by atoms with Gasteiger partial charge in [-0.1, -0.05) is 0 Å². The molecule has 0 fully saturated rings. The van der Waals surface area contributed by atoms with Crippen molar-refractivity contribution in [2.24, 2.45) is 5.10 Å². The molecule has 0 atom stereocenters. The van der Waals surface area contributed by atoms with Crippen LogP contribution in [0.5, 0.6) is 5.75 Å². The van der Waals surface area contributed by atoms with E-state index in [4.69, 9.17) is 4.74 Å². The average Bonchev–Trinajstić information content (AvgIpc) is 2.85. The van der Waals surface area contributed by atoms with Crippen molar-refractivity contribution in [2.75, 3.05) is 6.61 Å². The van der Waals surface area contributed by atoms with Crippen LogP contribution in [-0.4, -0.2) is 26.2 Å². The maximum atomic E-state index is 12.0. The summed E-state index contributed by atoms with van der Waals surface area (Å²) in [7, 11) is -3.68. The second-order valence-corrected chi connectivity index (χ2v) is 6.77. The maximum absolute atomic E-state index is 12.0. The summed E-state index contributed by atoms with van der Waals surface area (Å²) in [5.41, 5.74) is 0.617. The molecule has 8 heteroatoms. The summed E-state index contributed by atoms with van der Waals surface area (Å²) in [4.78, 5) is 6.43. The Morgan fingerprint density at radius 3 is 2.67 bits per heavy atom. The molecule has 0 radical (unpaired) electrons. The van der Waals surface area contributed by atoms with Crippen LogP contribution in [0.25, 0.3) is 0 Å². The van der Waals surface area contributed by atoms with Crippen LogP contribution in [0, 0.1) is 6.92 Å². The first-order valence-electron chi connectivity index (χ1n) is 6.21. The van der Waals surface area contributed by atoms with Crippen molar-refractivity contribution in [1.82, 2.24) is 9.82 Å². The van der Waals surface area contributed by atoms with Gasteiger partial charge in [0.2, 0.25) is 0 Å². The number of nitrogens with zero attached hydrogens (tertiary/aromatic N) is 2. The number of hydrogen-bond donors (Lipinski definition) is 1. The van der Waals surface area contributed by atoms with Crippen LogP contribution >= 0.6 is 11.3 Å². The number of thiazole rings is 1. The van der Waals surface area contributed by atoms with Crippen molar-refractivity contribution in [3.63, 3.8) is 0 Å². The van der Waals surface area contributed by atoms with Gasteiger partial charge in [0, 0.05) is 5.38 Å². The molecule has 1 heterocycles. The second-order valence-electron chi connectivity index (χ2n) is 4.05. The average molecular weight is 325 g/mol. The number of nitrogens with one attached hydrogen (secondary N) is 1. The fraction of sp³-hybridized carbons (Fsp3) is 0.231. The third-order valence-electron chi connectivity index (χ3n) is 2.45. The van der Waals surface area contributed by atoms with Gasteiger partial charge in [-0.25, -0.2) is 9.82 Å². The van der Waals surface area contributed by atoms with Gasteiger partial charge in [-0.2, -0.15) is 13.5 Å². The molecule has 0 saturated carbocycles. The SMILES string of the molecule is CCOc1ccc(S(=O)(=O)N/N=C\c2csc(C)n2)cc1. The van der Waals surface area contributed by atoms with E-state index in [1.54, 1.807) is 17.5 Å². The van der Waals surface area contributed by atoms with E-state index in [-0.39, 0.29) is 4.90 Å². The Labute approximate surface area is 127 Å². The zero-order chi connectivity index (χ0) is 15.3. The van der Waals surface area contributed by atoms with E-state index in [9.17, 15) is 8.42 Å². The van der Waals surface area contributed by atoms with Crippen molar-refractivity contribution >= 4 is 27.6 Å². The lowest BCUT2D eigenvalue weighted by molar-refractivity contribution is 0.340. The molecular formula is C13H15N3O3S2. The Morgan fingerprint density at radius 1 is 1.38 bits per heavy atom. The molecular weight excluding hydrogens is 310 g/mol. The van der Waals surface area contributed by atoms with Crippen LogP contribution in [0.4, 0.5) is 0 Å². The molecule has 2 aromatic rings. The molecule has 1 aromatic heterocycles. The number of aryl methyl sites for hydroxylation is 1. The quantitative estimate of drug-likeness (QED) is 0.652. The molecule has 1 N–H and O–H groups in total. The molecule has 0 bridgehead atoms. The zero-order valence-electron chi connectivity index (χ0n) is 11.6. The maximum Gasteiger partial charge on any atom is 0.276 e. The van der Waals surface area contributed by atoms with Gasteiger partial charge < -0.3 is 4.74 Å². The molecule has 1 aromatic carbocycles. The summed E-state index contributed by atoms with van der Waals surface area (Å²) in [5.74, 6) is 0.623. The fourth-order valence-electron chi connectivity index (χ4n) is 1.54. The lowest BCUT2D eigenvalue weighted by atomic mass is 10.3. The lowest BCUT2D eigenvalue weighted by Crippen LogP contribution is -2.18. The summed E-state index contributed by atoms with van der Waals surface area (Å²) < 4.78 is 29.3. The largest absolute Gasteiger partial charge is 0.494 e. The number of hydrogen-bond acceptors (Lipinski definition) is 6. The molecule has 2 rings (SSSR count). The smallest absolute Gasteiger partial charge is 0.276 e. The second kappa shape index (κ2) is 6.68. The van der Waals surface area contributed by atoms with E-state index in [1.807, 2.05) is 13.8 Å². The molecule has 0 aliphatic rings. The highest BCUT2D eigenvalue weighted by molar-refractivity contribution is 7.89. The Bertz CT molecular complexity index is 721. The first-order valence-corrected chi connectivity index (χ1v) is 8.57. The predicted molar refractivity (Wildman–Crippen MR) is 82.4 cm³/mol. The molecule has 0 aliphatic carbocycles. The lowest BCUT2D eigenvalue weighted by Gasteiger charge is -2.05. The standard InChI is InChI=1S/C13H15N3O3S2/c1-3-19-12-4-6-13(7-5-12)21(17,18)16-14-8-11-9-20-10(2)15-11/h4-9,16H,3H2,1-2H3/b14-8-. The summed E-state index contributed by atoms with van der Waals surface area (Å²) in [5, 5.41) is 6.40. The Balaban J connectivity index is 2.05. The summed E-state index contributed by atoms with van der Waals surface area (Å²) in [6.45, 7) is 4.26. The van der Waals surface area contributed by atoms with E-state index in [0.29, 0.717) is 18.1 Å². The number of aromatic nitrogens is 1. The van der Waals surface area contributed by atoms with Gasteiger partial charge in [0.1, 0.15) is 5.75 Å². The van der Waals surface area contributed by atoms with Gasteiger partial charge in [-0.15, -0.1) is 11.3 Å². The number of benzene rings is 1. The van der Waals surface area contributed by atoms with Crippen molar-refractivity contribution < 1.29 is 13.2 Å². The van der Waals surface area contributed by atoms with Gasteiger partial charge in [-0.3, -0.25) is 0 Å².